The van der Waals surface area contributed by atoms with Crippen molar-refractivity contribution >= 4 is 17.4 Å². The van der Waals surface area contributed by atoms with Gasteiger partial charge in [-0.25, -0.2) is 0 Å². The Morgan fingerprint density at radius 2 is 1.85 bits per heavy atom. The van der Waals surface area contributed by atoms with Crippen LogP contribution in [0.4, 0.5) is 5.69 Å². The zero-order valence-electron chi connectivity index (χ0n) is 16.3. The van der Waals surface area contributed by atoms with Crippen LogP contribution in [-0.4, -0.2) is 21.8 Å². The van der Waals surface area contributed by atoms with Crippen molar-refractivity contribution in [2.45, 2.75) is 40.7 Å². The van der Waals surface area contributed by atoms with Gasteiger partial charge in [-0.3, -0.25) is 19.5 Å². The SMILES string of the molecule is Cc1cccc(N2C(=O)C(O)=C(C(=O)C(C)(C)C)C2c2cccnc2)c1C. The van der Waals surface area contributed by atoms with Gasteiger partial charge in [-0.15, -0.1) is 0 Å². The van der Waals surface area contributed by atoms with Crippen LogP contribution >= 0.6 is 0 Å². The van der Waals surface area contributed by atoms with E-state index in [-0.39, 0.29) is 11.4 Å². The fourth-order valence-corrected chi connectivity index (χ4v) is 3.34. The number of aryl methyl sites for hydroxylation is 1. The van der Waals surface area contributed by atoms with Crippen molar-refractivity contribution in [1.29, 1.82) is 0 Å². The van der Waals surface area contributed by atoms with Crippen molar-refractivity contribution in [3.63, 3.8) is 0 Å². The van der Waals surface area contributed by atoms with Crippen molar-refractivity contribution in [3.05, 3.63) is 70.7 Å². The Labute approximate surface area is 159 Å². The van der Waals surface area contributed by atoms with E-state index in [1.807, 2.05) is 38.1 Å². The molecule has 1 unspecified atom stereocenters. The van der Waals surface area contributed by atoms with Crippen molar-refractivity contribution < 1.29 is 14.7 Å². The molecule has 140 valence electrons. The fraction of sp³-hybridized carbons (Fsp3) is 0.318. The minimum Gasteiger partial charge on any atom is -0.503 e. The lowest BCUT2D eigenvalue weighted by Crippen LogP contribution is -2.33. The molecule has 1 N–H and O–H groups in total. The van der Waals surface area contributed by atoms with E-state index in [1.165, 1.54) is 4.90 Å². The van der Waals surface area contributed by atoms with E-state index < -0.39 is 23.1 Å². The number of aliphatic hydroxyl groups is 1. The Morgan fingerprint density at radius 3 is 2.44 bits per heavy atom. The molecular formula is C22H24N2O3. The molecule has 5 nitrogen and oxygen atoms in total. The maximum atomic E-state index is 13.1. The van der Waals surface area contributed by atoms with Crippen LogP contribution in [0.3, 0.4) is 0 Å². The van der Waals surface area contributed by atoms with Gasteiger partial charge < -0.3 is 5.11 Å². The monoisotopic (exact) mass is 364 g/mol. The number of ketones is 1. The van der Waals surface area contributed by atoms with Crippen LogP contribution < -0.4 is 4.90 Å². The molecule has 3 rings (SSSR count). The Bertz CT molecular complexity index is 940. The number of aromatic nitrogens is 1. The highest BCUT2D eigenvalue weighted by Crippen LogP contribution is 2.44. The van der Waals surface area contributed by atoms with E-state index in [2.05, 4.69) is 4.98 Å². The first kappa shape index (κ1) is 18.8. The van der Waals surface area contributed by atoms with Gasteiger partial charge in [0.15, 0.2) is 11.5 Å². The number of Topliss-reactive ketones (excluding diaryl/α,β-unsaturated/α-hetero) is 1. The maximum absolute atomic E-state index is 13.1. The largest absolute Gasteiger partial charge is 0.503 e. The number of carbonyl (C=O) groups is 2. The number of carbonyl (C=O) groups excluding carboxylic acids is 2. The van der Waals surface area contributed by atoms with Crippen LogP contribution in [0.5, 0.6) is 0 Å². The third-order valence-electron chi connectivity index (χ3n) is 4.97. The van der Waals surface area contributed by atoms with Crippen LogP contribution in [0.2, 0.25) is 0 Å². The Morgan fingerprint density at radius 1 is 1.15 bits per heavy atom. The molecule has 0 aliphatic carbocycles. The maximum Gasteiger partial charge on any atom is 0.294 e. The van der Waals surface area contributed by atoms with Crippen LogP contribution in [-0.2, 0) is 9.59 Å². The third kappa shape index (κ3) is 3.14. The van der Waals surface area contributed by atoms with Gasteiger partial charge in [0, 0.05) is 23.5 Å². The molecule has 1 aromatic heterocycles. The van der Waals surface area contributed by atoms with E-state index in [0.717, 1.165) is 11.1 Å². The molecular weight excluding hydrogens is 340 g/mol. The first-order valence-electron chi connectivity index (χ1n) is 8.92. The summed E-state index contributed by atoms with van der Waals surface area (Å²) in [4.78, 5) is 31.8. The first-order chi connectivity index (χ1) is 12.6. The van der Waals surface area contributed by atoms with Crippen LogP contribution in [0.25, 0.3) is 0 Å². The van der Waals surface area contributed by atoms with Gasteiger partial charge in [0.2, 0.25) is 0 Å². The molecule has 1 aliphatic heterocycles. The molecule has 0 saturated carbocycles. The van der Waals surface area contributed by atoms with Crippen LogP contribution in [0, 0.1) is 19.3 Å². The van der Waals surface area contributed by atoms with Crippen molar-refractivity contribution in [1.82, 2.24) is 4.98 Å². The van der Waals surface area contributed by atoms with E-state index in [9.17, 15) is 14.7 Å². The molecule has 27 heavy (non-hydrogen) atoms. The van der Waals surface area contributed by atoms with Crippen LogP contribution in [0.1, 0.15) is 43.5 Å². The van der Waals surface area contributed by atoms with Crippen molar-refractivity contribution in [2.75, 3.05) is 4.90 Å². The summed E-state index contributed by atoms with van der Waals surface area (Å²) in [6.07, 6.45) is 3.27. The van der Waals surface area contributed by atoms with Crippen LogP contribution in [0.15, 0.2) is 54.1 Å². The summed E-state index contributed by atoms with van der Waals surface area (Å²) in [6.45, 7) is 9.23. The van der Waals surface area contributed by atoms with Gasteiger partial charge in [-0.1, -0.05) is 39.0 Å². The lowest BCUT2D eigenvalue weighted by molar-refractivity contribution is -0.123. The van der Waals surface area contributed by atoms with E-state index in [1.54, 1.807) is 39.2 Å². The molecule has 5 heteroatoms. The topological polar surface area (TPSA) is 70.5 Å². The minimum absolute atomic E-state index is 0.126. The zero-order valence-corrected chi connectivity index (χ0v) is 16.3. The number of benzene rings is 1. The number of amides is 1. The summed E-state index contributed by atoms with van der Waals surface area (Å²) in [6, 6.07) is 8.53. The van der Waals surface area contributed by atoms with E-state index in [0.29, 0.717) is 11.3 Å². The molecule has 1 atom stereocenters. The summed E-state index contributed by atoms with van der Waals surface area (Å²) in [7, 11) is 0. The molecule has 0 saturated heterocycles. The third-order valence-corrected chi connectivity index (χ3v) is 4.97. The second-order valence-electron chi connectivity index (χ2n) is 7.92. The van der Waals surface area contributed by atoms with Gasteiger partial charge in [-0.05, 0) is 42.7 Å². The van der Waals surface area contributed by atoms with E-state index in [4.69, 9.17) is 0 Å². The second kappa shape index (κ2) is 6.65. The van der Waals surface area contributed by atoms with Gasteiger partial charge in [0.1, 0.15) is 0 Å². The molecule has 0 bridgehead atoms. The molecule has 0 spiro atoms. The average molecular weight is 364 g/mol. The number of nitrogens with zero attached hydrogens (tertiary/aromatic N) is 2. The Kier molecular flexibility index (Phi) is 4.64. The summed E-state index contributed by atoms with van der Waals surface area (Å²) in [5.74, 6) is -1.30. The zero-order chi connectivity index (χ0) is 19.9. The lowest BCUT2D eigenvalue weighted by atomic mass is 9.82. The number of hydrogen-bond acceptors (Lipinski definition) is 4. The standard InChI is InChI=1S/C22H24N2O3/c1-13-8-6-10-16(14(13)2)24-18(15-9-7-11-23-12-15)17(19(25)21(24)27)20(26)22(3,4)5/h6-12,18,25H,1-5H3. The summed E-state index contributed by atoms with van der Waals surface area (Å²) in [5.41, 5.74) is 2.71. The van der Waals surface area contributed by atoms with Gasteiger partial charge in [0.25, 0.3) is 5.91 Å². The lowest BCUT2D eigenvalue weighted by Gasteiger charge is -2.30. The average Bonchev–Trinajstić information content (AvgIpc) is 2.88. The number of aliphatic hydroxyl groups excluding tert-OH is 1. The van der Waals surface area contributed by atoms with Crippen molar-refractivity contribution in [3.8, 4) is 0 Å². The van der Waals surface area contributed by atoms with Crippen molar-refractivity contribution in [2.24, 2.45) is 5.41 Å². The fourth-order valence-electron chi connectivity index (χ4n) is 3.34. The predicted octanol–water partition coefficient (Wildman–Crippen LogP) is 4.21. The number of rotatable bonds is 3. The molecule has 1 aliphatic rings. The molecule has 0 radical (unpaired) electrons. The molecule has 2 aromatic rings. The number of pyridine rings is 1. The second-order valence-corrected chi connectivity index (χ2v) is 7.92. The van der Waals surface area contributed by atoms with Gasteiger partial charge in [-0.2, -0.15) is 0 Å². The normalized spacial score (nSPS) is 17.6. The molecule has 1 aromatic carbocycles. The smallest absolute Gasteiger partial charge is 0.294 e. The summed E-state index contributed by atoms with van der Waals surface area (Å²) in [5, 5.41) is 10.7. The van der Waals surface area contributed by atoms with E-state index >= 15 is 0 Å². The number of hydrogen-bond donors (Lipinski definition) is 1. The molecule has 2 heterocycles. The summed E-state index contributed by atoms with van der Waals surface area (Å²) >= 11 is 0. The van der Waals surface area contributed by atoms with Gasteiger partial charge in [0.05, 0.1) is 11.6 Å². The quantitative estimate of drug-likeness (QED) is 0.885. The molecule has 0 fully saturated rings. The number of anilines is 1. The minimum atomic E-state index is -0.734. The highest BCUT2D eigenvalue weighted by molar-refractivity contribution is 6.17. The highest BCUT2D eigenvalue weighted by atomic mass is 16.3. The molecule has 1 amide bonds. The highest BCUT2D eigenvalue weighted by Gasteiger charge is 2.47. The van der Waals surface area contributed by atoms with Gasteiger partial charge >= 0.3 is 0 Å². The Hall–Kier alpha value is -2.95. The summed E-state index contributed by atoms with van der Waals surface area (Å²) < 4.78 is 0. The predicted molar refractivity (Wildman–Crippen MR) is 104 cm³/mol. The first-order valence-corrected chi connectivity index (χ1v) is 8.92. The Balaban J connectivity index is 2.25.